The number of piperidine rings is 3. The molecule has 5 heteroatoms. The van der Waals surface area contributed by atoms with Crippen molar-refractivity contribution in [2.45, 2.75) is 45.3 Å². The van der Waals surface area contributed by atoms with Gasteiger partial charge in [-0.2, -0.15) is 0 Å². The van der Waals surface area contributed by atoms with Crippen molar-refractivity contribution in [3.05, 3.63) is 30.3 Å². The number of nitrogens with zero attached hydrogens (tertiary/aromatic N) is 2. The fourth-order valence-corrected chi connectivity index (χ4v) is 4.32. The molecule has 3 aliphatic heterocycles. The quantitative estimate of drug-likeness (QED) is 0.769. The second kappa shape index (κ2) is 8.19. The standard InChI is InChI=1S/C20H31N2O3/c1-2-3-11-21(18-7-5-4-6-8-18)20(24)25-19-16-17-9-12-22(19,13-10-17)14-15-23/h4-8,17,19,23H,2-3,9-16H2,1H3/q+1/t17?,19-,22?/m1/s1. The van der Waals surface area contributed by atoms with Crippen LogP contribution in [0.25, 0.3) is 0 Å². The summed E-state index contributed by atoms with van der Waals surface area (Å²) in [5, 5.41) is 9.52. The lowest BCUT2D eigenvalue weighted by Gasteiger charge is -2.53. The van der Waals surface area contributed by atoms with Crippen molar-refractivity contribution < 1.29 is 19.1 Å². The van der Waals surface area contributed by atoms with Crippen molar-refractivity contribution in [1.82, 2.24) is 0 Å². The third kappa shape index (κ3) is 3.98. The van der Waals surface area contributed by atoms with Gasteiger partial charge in [-0.3, -0.25) is 9.38 Å². The molecule has 3 aliphatic rings. The minimum Gasteiger partial charge on any atom is -0.396 e. The second-order valence-electron chi connectivity index (χ2n) is 7.47. The zero-order valence-electron chi connectivity index (χ0n) is 15.3. The number of hydrogen-bond donors (Lipinski definition) is 1. The highest BCUT2D eigenvalue weighted by Crippen LogP contribution is 2.39. The molecule has 0 saturated carbocycles. The topological polar surface area (TPSA) is 49.8 Å². The number of unbranched alkanes of at least 4 members (excludes halogenated alkanes) is 1. The van der Waals surface area contributed by atoms with E-state index < -0.39 is 0 Å². The first kappa shape index (κ1) is 18.2. The Labute approximate surface area is 150 Å². The number of amides is 1. The molecule has 1 amide bonds. The number of anilines is 1. The third-order valence-corrected chi connectivity index (χ3v) is 5.92. The highest BCUT2D eigenvalue weighted by Gasteiger charge is 2.49. The van der Waals surface area contributed by atoms with E-state index in [2.05, 4.69) is 6.92 Å². The van der Waals surface area contributed by atoms with Crippen LogP contribution >= 0.6 is 0 Å². The van der Waals surface area contributed by atoms with E-state index in [4.69, 9.17) is 4.74 Å². The third-order valence-electron chi connectivity index (χ3n) is 5.92. The monoisotopic (exact) mass is 347 g/mol. The lowest BCUT2D eigenvalue weighted by Crippen LogP contribution is -2.66. The normalized spacial score (nSPS) is 27.9. The Kier molecular flexibility index (Phi) is 5.97. The van der Waals surface area contributed by atoms with Crippen LogP contribution in [0, 0.1) is 5.92 Å². The first-order valence-corrected chi connectivity index (χ1v) is 9.68. The molecule has 0 radical (unpaired) electrons. The summed E-state index contributed by atoms with van der Waals surface area (Å²) in [6, 6.07) is 9.78. The van der Waals surface area contributed by atoms with Gasteiger partial charge in [0.1, 0.15) is 6.54 Å². The summed E-state index contributed by atoms with van der Waals surface area (Å²) in [5.74, 6) is 0.664. The van der Waals surface area contributed by atoms with E-state index in [1.54, 1.807) is 4.90 Å². The second-order valence-corrected chi connectivity index (χ2v) is 7.47. The first-order valence-electron chi connectivity index (χ1n) is 9.68. The van der Waals surface area contributed by atoms with E-state index in [0.29, 0.717) is 19.0 Å². The van der Waals surface area contributed by atoms with E-state index in [1.807, 2.05) is 30.3 Å². The Morgan fingerprint density at radius 3 is 2.64 bits per heavy atom. The number of carbonyl (C=O) groups excluding carboxylic acids is 1. The van der Waals surface area contributed by atoms with Gasteiger partial charge in [-0.25, -0.2) is 4.79 Å². The van der Waals surface area contributed by atoms with E-state index >= 15 is 0 Å². The molecule has 0 aliphatic carbocycles. The van der Waals surface area contributed by atoms with Crippen molar-refractivity contribution in [1.29, 1.82) is 0 Å². The van der Waals surface area contributed by atoms with Gasteiger partial charge in [0.2, 0.25) is 6.23 Å². The predicted octanol–water partition coefficient (Wildman–Crippen LogP) is 3.38. The number of aliphatic hydroxyl groups is 1. The molecule has 3 saturated heterocycles. The van der Waals surface area contributed by atoms with Crippen molar-refractivity contribution in [2.24, 2.45) is 5.92 Å². The number of fused-ring (bicyclic) bond motifs is 3. The molecule has 1 aromatic carbocycles. The molecule has 0 aromatic heterocycles. The minimum absolute atomic E-state index is 0.111. The molecule has 0 spiro atoms. The number of aliphatic hydroxyl groups excluding tert-OH is 1. The summed E-state index contributed by atoms with van der Waals surface area (Å²) in [6.45, 7) is 5.67. The van der Waals surface area contributed by atoms with Crippen molar-refractivity contribution in [3.63, 3.8) is 0 Å². The van der Waals surface area contributed by atoms with Crippen molar-refractivity contribution >= 4 is 11.8 Å². The fourth-order valence-electron chi connectivity index (χ4n) is 4.32. The maximum absolute atomic E-state index is 13.0. The van der Waals surface area contributed by atoms with E-state index in [0.717, 1.165) is 42.5 Å². The zero-order chi connectivity index (χ0) is 17.7. The summed E-state index contributed by atoms with van der Waals surface area (Å²) in [4.78, 5) is 14.7. The Morgan fingerprint density at radius 1 is 1.28 bits per heavy atom. The molecule has 5 nitrogen and oxygen atoms in total. The minimum atomic E-state index is -0.243. The summed E-state index contributed by atoms with van der Waals surface area (Å²) < 4.78 is 6.79. The summed E-state index contributed by atoms with van der Waals surface area (Å²) in [7, 11) is 0. The molecule has 1 atom stereocenters. The lowest BCUT2D eigenvalue weighted by molar-refractivity contribution is -0.984. The van der Waals surface area contributed by atoms with Crippen LogP contribution < -0.4 is 4.90 Å². The average Bonchev–Trinajstić information content (AvgIpc) is 2.64. The van der Waals surface area contributed by atoms with Crippen LogP contribution in [0.4, 0.5) is 10.5 Å². The van der Waals surface area contributed by atoms with Gasteiger partial charge in [-0.05, 0) is 24.5 Å². The first-order chi connectivity index (χ1) is 12.2. The molecule has 3 fully saturated rings. The molecule has 2 bridgehead atoms. The molecular weight excluding hydrogens is 316 g/mol. The number of para-hydroxylation sites is 1. The highest BCUT2D eigenvalue weighted by molar-refractivity contribution is 5.87. The van der Waals surface area contributed by atoms with E-state index in [9.17, 15) is 9.90 Å². The molecular formula is C20H31N2O3+. The SMILES string of the molecule is CCCCN(C(=O)O[C@@H]1CC2CC[N+]1(CCO)CC2)c1ccccc1. The highest BCUT2D eigenvalue weighted by atomic mass is 16.6. The summed E-state index contributed by atoms with van der Waals surface area (Å²) >= 11 is 0. The molecule has 4 rings (SSSR count). The molecule has 0 unspecified atom stereocenters. The van der Waals surface area contributed by atoms with Crippen LogP contribution in [-0.4, -0.2) is 54.7 Å². The fraction of sp³-hybridized carbons (Fsp3) is 0.650. The van der Waals surface area contributed by atoms with Gasteiger partial charge in [-0.15, -0.1) is 0 Å². The average molecular weight is 347 g/mol. The molecule has 1 N–H and O–H groups in total. The number of rotatable bonds is 7. The summed E-state index contributed by atoms with van der Waals surface area (Å²) in [5.41, 5.74) is 0.894. The predicted molar refractivity (Wildman–Crippen MR) is 98.3 cm³/mol. The van der Waals surface area contributed by atoms with Crippen molar-refractivity contribution in [3.8, 4) is 0 Å². The van der Waals surface area contributed by atoms with Gasteiger partial charge in [0.05, 0.1) is 19.7 Å². The molecule has 3 heterocycles. The van der Waals surface area contributed by atoms with Gasteiger partial charge in [0.15, 0.2) is 0 Å². The zero-order valence-corrected chi connectivity index (χ0v) is 15.3. The number of benzene rings is 1. The number of quaternary nitrogens is 1. The van der Waals surface area contributed by atoms with Crippen LogP contribution in [0.3, 0.4) is 0 Å². The number of ether oxygens (including phenoxy) is 1. The van der Waals surface area contributed by atoms with Crippen LogP contribution in [0.5, 0.6) is 0 Å². The molecule has 25 heavy (non-hydrogen) atoms. The van der Waals surface area contributed by atoms with Gasteiger partial charge >= 0.3 is 6.09 Å². The van der Waals surface area contributed by atoms with Gasteiger partial charge in [-0.1, -0.05) is 31.5 Å². The maximum atomic E-state index is 13.0. The van der Waals surface area contributed by atoms with Crippen LogP contribution in [0.15, 0.2) is 30.3 Å². The maximum Gasteiger partial charge on any atom is 0.418 e. The van der Waals surface area contributed by atoms with Gasteiger partial charge in [0.25, 0.3) is 0 Å². The Morgan fingerprint density at radius 2 is 2.00 bits per heavy atom. The van der Waals surface area contributed by atoms with Gasteiger partial charge < -0.3 is 9.84 Å². The number of carbonyl (C=O) groups is 1. The molecule has 138 valence electrons. The largest absolute Gasteiger partial charge is 0.418 e. The lowest BCUT2D eigenvalue weighted by atomic mass is 9.84. The van der Waals surface area contributed by atoms with Crippen LogP contribution in [0.2, 0.25) is 0 Å². The van der Waals surface area contributed by atoms with E-state index in [-0.39, 0.29) is 18.9 Å². The van der Waals surface area contributed by atoms with Gasteiger partial charge in [0, 0.05) is 31.5 Å². The Bertz CT molecular complexity index is 550. The van der Waals surface area contributed by atoms with Crippen LogP contribution in [0.1, 0.15) is 39.0 Å². The smallest absolute Gasteiger partial charge is 0.396 e. The number of hydrogen-bond acceptors (Lipinski definition) is 3. The molecule has 1 aromatic rings. The Hall–Kier alpha value is -1.59. The van der Waals surface area contributed by atoms with Crippen LogP contribution in [-0.2, 0) is 4.74 Å². The van der Waals surface area contributed by atoms with E-state index in [1.165, 1.54) is 12.8 Å². The Balaban J connectivity index is 1.74. The van der Waals surface area contributed by atoms with Crippen molar-refractivity contribution in [2.75, 3.05) is 37.7 Å². The summed E-state index contributed by atoms with van der Waals surface area (Å²) in [6.07, 6.45) is 4.94.